The molecule has 0 fully saturated rings. The third kappa shape index (κ3) is 1.66. The van der Waals surface area contributed by atoms with Crippen molar-refractivity contribution >= 4 is 22.2 Å². The molecule has 86 valence electrons. The van der Waals surface area contributed by atoms with E-state index in [-0.39, 0.29) is 0 Å². The van der Waals surface area contributed by atoms with Crippen molar-refractivity contribution in [1.82, 2.24) is 19.4 Å². The molecule has 0 radical (unpaired) electrons. The number of imidazole rings is 1. The molecule has 6 heteroatoms. The molecule has 0 aliphatic rings. The van der Waals surface area contributed by atoms with Gasteiger partial charge in [-0.25, -0.2) is 15.0 Å². The zero-order valence-electron chi connectivity index (χ0n) is 9.51. The van der Waals surface area contributed by atoms with Crippen LogP contribution in [0.1, 0.15) is 5.69 Å². The average Bonchev–Trinajstić information content (AvgIpc) is 2.91. The van der Waals surface area contributed by atoms with Crippen LogP contribution >= 0.6 is 11.3 Å². The van der Waals surface area contributed by atoms with Gasteiger partial charge in [0.05, 0.1) is 10.6 Å². The van der Waals surface area contributed by atoms with Crippen molar-refractivity contribution in [3.8, 4) is 10.6 Å². The second-order valence-electron chi connectivity index (χ2n) is 3.64. The number of aryl methyl sites for hydroxylation is 1. The summed E-state index contributed by atoms with van der Waals surface area (Å²) in [4.78, 5) is 14.2. The van der Waals surface area contributed by atoms with Crippen molar-refractivity contribution in [2.24, 2.45) is 0 Å². The topological polar surface area (TPSA) is 55.1 Å². The lowest BCUT2D eigenvalue weighted by Crippen LogP contribution is -1.84. The lowest BCUT2D eigenvalue weighted by atomic mass is 10.3. The van der Waals surface area contributed by atoms with Gasteiger partial charge < -0.3 is 5.32 Å². The van der Waals surface area contributed by atoms with Crippen LogP contribution in [0.4, 0.5) is 5.13 Å². The number of hydrogen-bond donors (Lipinski definition) is 1. The van der Waals surface area contributed by atoms with Crippen LogP contribution in [0.2, 0.25) is 0 Å². The highest BCUT2D eigenvalue weighted by atomic mass is 32.1. The molecular weight excluding hydrogens is 234 g/mol. The molecule has 5 nitrogen and oxygen atoms in total. The summed E-state index contributed by atoms with van der Waals surface area (Å²) < 4.78 is 1.91. The van der Waals surface area contributed by atoms with Crippen molar-refractivity contribution < 1.29 is 0 Å². The van der Waals surface area contributed by atoms with Crippen molar-refractivity contribution in [3.63, 3.8) is 0 Å². The predicted molar refractivity (Wildman–Crippen MR) is 68.4 cm³/mol. The van der Waals surface area contributed by atoms with Crippen LogP contribution in [0.15, 0.2) is 24.7 Å². The molecule has 0 aliphatic heterocycles. The van der Waals surface area contributed by atoms with E-state index < -0.39 is 0 Å². The summed E-state index contributed by atoms with van der Waals surface area (Å²) in [6, 6.07) is 1.89. The fraction of sp³-hybridized carbons (Fsp3) is 0.182. The van der Waals surface area contributed by atoms with E-state index in [9.17, 15) is 0 Å². The van der Waals surface area contributed by atoms with Crippen molar-refractivity contribution in [2.45, 2.75) is 6.92 Å². The van der Waals surface area contributed by atoms with E-state index in [0.29, 0.717) is 5.78 Å². The molecule has 17 heavy (non-hydrogen) atoms. The molecule has 0 unspecified atom stereocenters. The number of nitrogens with one attached hydrogen (secondary N) is 1. The van der Waals surface area contributed by atoms with Gasteiger partial charge in [0.15, 0.2) is 5.13 Å². The van der Waals surface area contributed by atoms with E-state index in [1.54, 1.807) is 17.5 Å². The summed E-state index contributed by atoms with van der Waals surface area (Å²) >= 11 is 1.60. The van der Waals surface area contributed by atoms with Gasteiger partial charge in [-0.2, -0.15) is 0 Å². The molecule has 3 aromatic rings. The zero-order valence-corrected chi connectivity index (χ0v) is 10.3. The SMILES string of the molecule is CNc1nc(C)c(-c2cn3cccnc3n2)s1. The highest BCUT2D eigenvalue weighted by Crippen LogP contribution is 2.31. The Morgan fingerprint density at radius 1 is 1.35 bits per heavy atom. The molecule has 0 amide bonds. The maximum absolute atomic E-state index is 4.49. The molecule has 1 N–H and O–H groups in total. The lowest BCUT2D eigenvalue weighted by Gasteiger charge is -1.89. The van der Waals surface area contributed by atoms with E-state index in [1.165, 1.54) is 0 Å². The number of aromatic nitrogens is 4. The minimum Gasteiger partial charge on any atom is -0.365 e. The maximum Gasteiger partial charge on any atom is 0.234 e. The van der Waals surface area contributed by atoms with Gasteiger partial charge in [-0.05, 0) is 13.0 Å². The van der Waals surface area contributed by atoms with Crippen molar-refractivity contribution in [3.05, 3.63) is 30.4 Å². The molecule has 0 aromatic carbocycles. The molecule has 3 rings (SSSR count). The smallest absolute Gasteiger partial charge is 0.234 e. The van der Waals surface area contributed by atoms with Gasteiger partial charge in [0.25, 0.3) is 0 Å². The maximum atomic E-state index is 4.49. The van der Waals surface area contributed by atoms with Crippen molar-refractivity contribution in [2.75, 3.05) is 12.4 Å². The fourth-order valence-corrected chi connectivity index (χ4v) is 2.55. The van der Waals surface area contributed by atoms with E-state index in [1.807, 2.05) is 36.8 Å². The minimum absolute atomic E-state index is 0.710. The first-order chi connectivity index (χ1) is 8.28. The summed E-state index contributed by atoms with van der Waals surface area (Å²) in [5, 5.41) is 3.95. The number of anilines is 1. The molecule has 0 saturated carbocycles. The Kier molecular flexibility index (Phi) is 2.29. The second-order valence-corrected chi connectivity index (χ2v) is 4.64. The van der Waals surface area contributed by atoms with Gasteiger partial charge in [-0.1, -0.05) is 11.3 Å². The van der Waals surface area contributed by atoms with Gasteiger partial charge in [0.2, 0.25) is 5.78 Å². The van der Waals surface area contributed by atoms with Crippen LogP contribution in [-0.4, -0.2) is 26.4 Å². The largest absolute Gasteiger partial charge is 0.365 e. The molecular formula is C11H11N5S. The standard InChI is InChI=1S/C11H11N5S/c1-7-9(17-11(12-2)14-7)8-6-16-5-3-4-13-10(16)15-8/h3-6H,1-2H3,(H,12,14). The first kappa shape index (κ1) is 10.2. The van der Waals surface area contributed by atoms with E-state index in [4.69, 9.17) is 0 Å². The first-order valence-electron chi connectivity index (χ1n) is 5.23. The quantitative estimate of drug-likeness (QED) is 0.752. The van der Waals surface area contributed by atoms with Crippen molar-refractivity contribution in [1.29, 1.82) is 0 Å². The Balaban J connectivity index is 2.16. The predicted octanol–water partition coefficient (Wildman–Crippen LogP) is 2.20. The van der Waals surface area contributed by atoms with Crippen LogP contribution in [0, 0.1) is 6.92 Å². The van der Waals surface area contributed by atoms with E-state index in [2.05, 4.69) is 20.3 Å². The molecule has 3 heterocycles. The highest BCUT2D eigenvalue weighted by Gasteiger charge is 2.12. The zero-order chi connectivity index (χ0) is 11.8. The number of hydrogen-bond acceptors (Lipinski definition) is 5. The number of fused-ring (bicyclic) bond motifs is 1. The summed E-state index contributed by atoms with van der Waals surface area (Å²) in [5.74, 6) is 0.710. The Labute approximate surface area is 102 Å². The molecule has 0 aliphatic carbocycles. The molecule has 0 bridgehead atoms. The van der Waals surface area contributed by atoms with Gasteiger partial charge in [-0.3, -0.25) is 4.40 Å². The summed E-state index contributed by atoms with van der Waals surface area (Å²) in [7, 11) is 1.87. The van der Waals surface area contributed by atoms with Gasteiger partial charge in [-0.15, -0.1) is 0 Å². The lowest BCUT2D eigenvalue weighted by molar-refractivity contribution is 1.11. The van der Waals surface area contributed by atoms with Gasteiger partial charge >= 0.3 is 0 Å². The summed E-state index contributed by atoms with van der Waals surface area (Å²) in [6.07, 6.45) is 5.65. The number of thiazole rings is 1. The number of rotatable bonds is 2. The van der Waals surface area contributed by atoms with E-state index in [0.717, 1.165) is 21.4 Å². The van der Waals surface area contributed by atoms with Crippen LogP contribution in [-0.2, 0) is 0 Å². The summed E-state index contributed by atoms with van der Waals surface area (Å²) in [6.45, 7) is 1.99. The van der Waals surface area contributed by atoms with Crippen LogP contribution < -0.4 is 5.32 Å². The van der Waals surface area contributed by atoms with Crippen LogP contribution in [0.3, 0.4) is 0 Å². The fourth-order valence-electron chi connectivity index (χ4n) is 1.68. The van der Waals surface area contributed by atoms with Crippen LogP contribution in [0.25, 0.3) is 16.3 Å². The Morgan fingerprint density at radius 3 is 2.94 bits per heavy atom. The monoisotopic (exact) mass is 245 g/mol. The Morgan fingerprint density at radius 2 is 2.24 bits per heavy atom. The Bertz CT molecular complexity index is 636. The normalized spacial score (nSPS) is 10.9. The average molecular weight is 245 g/mol. The summed E-state index contributed by atoms with van der Waals surface area (Å²) in [5.41, 5.74) is 1.91. The Hall–Kier alpha value is -1.95. The van der Waals surface area contributed by atoms with Gasteiger partial charge in [0, 0.05) is 25.6 Å². The molecule has 0 saturated heterocycles. The molecule has 0 atom stereocenters. The highest BCUT2D eigenvalue weighted by molar-refractivity contribution is 7.19. The van der Waals surface area contributed by atoms with Gasteiger partial charge in [0.1, 0.15) is 5.69 Å². The number of nitrogens with zero attached hydrogens (tertiary/aromatic N) is 4. The molecule has 0 spiro atoms. The second kappa shape index (κ2) is 3.81. The third-order valence-corrected chi connectivity index (χ3v) is 3.68. The van der Waals surface area contributed by atoms with E-state index >= 15 is 0 Å². The molecule has 3 aromatic heterocycles. The van der Waals surface area contributed by atoms with Crippen LogP contribution in [0.5, 0.6) is 0 Å². The minimum atomic E-state index is 0.710. The third-order valence-electron chi connectivity index (χ3n) is 2.48. The first-order valence-corrected chi connectivity index (χ1v) is 6.05.